The molecule has 0 aromatic rings. The maximum atomic E-state index is 12.9. The molecule has 3 fully saturated rings. The second kappa shape index (κ2) is 8.58. The first-order chi connectivity index (χ1) is 10.7. The van der Waals surface area contributed by atoms with Crippen LogP contribution in [-0.4, -0.2) is 65.3 Å². The lowest BCUT2D eigenvalue weighted by atomic mass is 9.94. The highest BCUT2D eigenvalue weighted by Gasteiger charge is 2.42. The number of amides is 2. The molecule has 1 aliphatic carbocycles. The highest BCUT2D eigenvalue weighted by molar-refractivity contribution is 7.99. The second-order valence-corrected chi connectivity index (χ2v) is 7.89. The van der Waals surface area contributed by atoms with E-state index in [1.54, 1.807) is 0 Å². The van der Waals surface area contributed by atoms with Crippen LogP contribution in [0.1, 0.15) is 32.1 Å². The topological polar surface area (TPSA) is 66.6 Å². The predicted octanol–water partition coefficient (Wildman–Crippen LogP) is 1.35. The molecule has 23 heavy (non-hydrogen) atoms. The molecule has 3 aliphatic rings. The number of likely N-dealkylation sites (tertiary alicyclic amines) is 1. The fourth-order valence-corrected chi connectivity index (χ4v) is 5.04. The number of carbonyl (C=O) groups excluding carboxylic acids is 2. The molecule has 1 unspecified atom stereocenters. The Morgan fingerprint density at radius 1 is 1.00 bits per heavy atom. The van der Waals surface area contributed by atoms with Gasteiger partial charge in [-0.05, 0) is 38.1 Å². The SMILES string of the molecule is Cl.NC[C@H]1CCC[C@H]1C(=O)N1CCCC1C(=O)N1CCSCC1. The van der Waals surface area contributed by atoms with E-state index in [1.807, 2.05) is 21.6 Å². The molecular formula is C16H28ClN3O2S. The molecule has 0 bridgehead atoms. The van der Waals surface area contributed by atoms with Crippen LogP contribution in [0, 0.1) is 11.8 Å². The normalized spacial score (nSPS) is 31.1. The molecule has 0 radical (unpaired) electrons. The van der Waals surface area contributed by atoms with Gasteiger partial charge in [-0.1, -0.05) is 6.42 Å². The van der Waals surface area contributed by atoms with Crippen molar-refractivity contribution in [3.8, 4) is 0 Å². The van der Waals surface area contributed by atoms with E-state index in [0.717, 1.165) is 63.2 Å². The summed E-state index contributed by atoms with van der Waals surface area (Å²) < 4.78 is 0. The first-order valence-corrected chi connectivity index (χ1v) is 9.75. The fraction of sp³-hybridized carbons (Fsp3) is 0.875. The predicted molar refractivity (Wildman–Crippen MR) is 95.8 cm³/mol. The summed E-state index contributed by atoms with van der Waals surface area (Å²) in [6.07, 6.45) is 4.87. The van der Waals surface area contributed by atoms with E-state index >= 15 is 0 Å². The molecule has 0 aromatic heterocycles. The number of carbonyl (C=O) groups is 2. The van der Waals surface area contributed by atoms with Crippen molar-refractivity contribution in [2.45, 2.75) is 38.1 Å². The van der Waals surface area contributed by atoms with Crippen LogP contribution in [0.5, 0.6) is 0 Å². The summed E-state index contributed by atoms with van der Waals surface area (Å²) in [6.45, 7) is 2.99. The standard InChI is InChI=1S/C16H27N3O2S.ClH/c17-11-12-3-1-4-13(12)15(20)19-6-2-5-14(19)16(21)18-7-9-22-10-8-18;/h12-14H,1-11,17H2;1H/t12-,13-,14?;/m1./s1. The summed E-state index contributed by atoms with van der Waals surface area (Å²) in [5, 5.41) is 0. The Labute approximate surface area is 149 Å². The molecule has 0 aromatic carbocycles. The fourth-order valence-electron chi connectivity index (χ4n) is 4.14. The quantitative estimate of drug-likeness (QED) is 0.824. The number of halogens is 1. The van der Waals surface area contributed by atoms with E-state index in [4.69, 9.17) is 5.73 Å². The van der Waals surface area contributed by atoms with Gasteiger partial charge in [0, 0.05) is 37.1 Å². The van der Waals surface area contributed by atoms with Crippen LogP contribution >= 0.6 is 24.2 Å². The molecule has 2 heterocycles. The third-order valence-corrected chi connectivity index (χ3v) is 6.37. The Morgan fingerprint density at radius 2 is 1.74 bits per heavy atom. The third kappa shape index (κ3) is 3.97. The van der Waals surface area contributed by atoms with Crippen molar-refractivity contribution < 1.29 is 9.59 Å². The third-order valence-electron chi connectivity index (χ3n) is 5.42. The van der Waals surface area contributed by atoms with E-state index in [0.29, 0.717) is 12.5 Å². The number of hydrogen-bond donors (Lipinski definition) is 1. The van der Waals surface area contributed by atoms with E-state index in [2.05, 4.69) is 0 Å². The molecule has 1 saturated carbocycles. The van der Waals surface area contributed by atoms with Crippen molar-refractivity contribution in [2.24, 2.45) is 17.6 Å². The second-order valence-electron chi connectivity index (χ2n) is 6.66. The highest BCUT2D eigenvalue weighted by atomic mass is 35.5. The average Bonchev–Trinajstić information content (AvgIpc) is 3.23. The molecule has 2 saturated heterocycles. The van der Waals surface area contributed by atoms with Crippen molar-refractivity contribution in [2.75, 3.05) is 37.7 Å². The van der Waals surface area contributed by atoms with Gasteiger partial charge >= 0.3 is 0 Å². The van der Waals surface area contributed by atoms with Crippen LogP contribution < -0.4 is 5.73 Å². The minimum atomic E-state index is -0.213. The summed E-state index contributed by atoms with van der Waals surface area (Å²) in [5.41, 5.74) is 5.82. The maximum absolute atomic E-state index is 12.9. The van der Waals surface area contributed by atoms with Crippen LogP contribution in [-0.2, 0) is 9.59 Å². The molecule has 3 atom stereocenters. The van der Waals surface area contributed by atoms with Gasteiger partial charge < -0.3 is 15.5 Å². The van der Waals surface area contributed by atoms with Crippen molar-refractivity contribution in [1.82, 2.24) is 9.80 Å². The van der Waals surface area contributed by atoms with E-state index in [1.165, 1.54) is 0 Å². The van der Waals surface area contributed by atoms with Crippen molar-refractivity contribution in [3.63, 3.8) is 0 Å². The van der Waals surface area contributed by atoms with Crippen LogP contribution in [0.3, 0.4) is 0 Å². The number of hydrogen-bond acceptors (Lipinski definition) is 4. The number of nitrogens with zero attached hydrogens (tertiary/aromatic N) is 2. The monoisotopic (exact) mass is 361 g/mol. The summed E-state index contributed by atoms with van der Waals surface area (Å²) >= 11 is 1.90. The molecule has 2 amide bonds. The number of rotatable bonds is 3. The summed E-state index contributed by atoms with van der Waals surface area (Å²) in [6, 6.07) is -0.213. The Bertz CT molecular complexity index is 432. The Hall–Kier alpha value is -0.460. The van der Waals surface area contributed by atoms with Gasteiger partial charge in [-0.25, -0.2) is 0 Å². The van der Waals surface area contributed by atoms with E-state index in [9.17, 15) is 9.59 Å². The molecule has 2 aliphatic heterocycles. The van der Waals surface area contributed by atoms with Gasteiger partial charge in [-0.15, -0.1) is 12.4 Å². The van der Waals surface area contributed by atoms with Gasteiger partial charge in [0.05, 0.1) is 0 Å². The zero-order chi connectivity index (χ0) is 15.5. The minimum Gasteiger partial charge on any atom is -0.339 e. The van der Waals surface area contributed by atoms with Crippen molar-refractivity contribution in [3.05, 3.63) is 0 Å². The van der Waals surface area contributed by atoms with Crippen LogP contribution in [0.2, 0.25) is 0 Å². The van der Waals surface area contributed by atoms with Crippen LogP contribution in [0.4, 0.5) is 0 Å². The first-order valence-electron chi connectivity index (χ1n) is 8.59. The Kier molecular flexibility index (Phi) is 7.04. The van der Waals surface area contributed by atoms with Crippen LogP contribution in [0.15, 0.2) is 0 Å². The largest absolute Gasteiger partial charge is 0.339 e. The maximum Gasteiger partial charge on any atom is 0.245 e. The zero-order valence-electron chi connectivity index (χ0n) is 13.6. The van der Waals surface area contributed by atoms with Gasteiger partial charge in [0.25, 0.3) is 0 Å². The van der Waals surface area contributed by atoms with Gasteiger partial charge in [0.15, 0.2) is 0 Å². The summed E-state index contributed by atoms with van der Waals surface area (Å²) in [4.78, 5) is 29.5. The minimum absolute atomic E-state index is 0. The Morgan fingerprint density at radius 3 is 2.43 bits per heavy atom. The molecule has 0 spiro atoms. The Balaban J connectivity index is 0.00000192. The van der Waals surface area contributed by atoms with Gasteiger partial charge in [0.2, 0.25) is 11.8 Å². The molecular weight excluding hydrogens is 334 g/mol. The van der Waals surface area contributed by atoms with Crippen molar-refractivity contribution in [1.29, 1.82) is 0 Å². The van der Waals surface area contributed by atoms with E-state index in [-0.39, 0.29) is 36.2 Å². The smallest absolute Gasteiger partial charge is 0.245 e. The number of thioether (sulfide) groups is 1. The highest BCUT2D eigenvalue weighted by Crippen LogP contribution is 2.34. The summed E-state index contributed by atoms with van der Waals surface area (Å²) in [7, 11) is 0. The van der Waals surface area contributed by atoms with Crippen LogP contribution in [0.25, 0.3) is 0 Å². The van der Waals surface area contributed by atoms with Gasteiger partial charge in [-0.2, -0.15) is 11.8 Å². The lowest BCUT2D eigenvalue weighted by Crippen LogP contribution is -2.51. The van der Waals surface area contributed by atoms with E-state index < -0.39 is 0 Å². The molecule has 132 valence electrons. The molecule has 5 nitrogen and oxygen atoms in total. The van der Waals surface area contributed by atoms with Gasteiger partial charge in [-0.3, -0.25) is 9.59 Å². The molecule has 3 rings (SSSR count). The van der Waals surface area contributed by atoms with Gasteiger partial charge in [0.1, 0.15) is 6.04 Å². The lowest BCUT2D eigenvalue weighted by Gasteiger charge is -2.34. The molecule has 2 N–H and O–H groups in total. The zero-order valence-corrected chi connectivity index (χ0v) is 15.2. The van der Waals surface area contributed by atoms with Crippen molar-refractivity contribution >= 4 is 36.0 Å². The lowest BCUT2D eigenvalue weighted by molar-refractivity contribution is -0.146. The summed E-state index contributed by atoms with van der Waals surface area (Å²) in [5.74, 6) is 2.77. The number of nitrogens with two attached hydrogens (primary N) is 1. The first kappa shape index (κ1) is 18.9. The average molecular weight is 362 g/mol. The molecule has 7 heteroatoms.